The molecule has 1 aliphatic rings. The molecule has 0 aromatic carbocycles. The van der Waals surface area contributed by atoms with Crippen LogP contribution < -0.4 is 16.4 Å². The van der Waals surface area contributed by atoms with Crippen LogP contribution in [0.5, 0.6) is 0 Å². The molecule has 10 heteroatoms. The van der Waals surface area contributed by atoms with E-state index in [2.05, 4.69) is 30.7 Å². The first-order valence-corrected chi connectivity index (χ1v) is 9.18. The molecule has 0 atom stereocenters. The lowest BCUT2D eigenvalue weighted by atomic mass is 10.2. The third-order valence-electron chi connectivity index (χ3n) is 4.49. The molecule has 3 aromatic heterocycles. The van der Waals surface area contributed by atoms with Gasteiger partial charge in [0.1, 0.15) is 11.5 Å². The second-order valence-corrected chi connectivity index (χ2v) is 6.90. The monoisotopic (exact) mass is 392 g/mol. The summed E-state index contributed by atoms with van der Waals surface area (Å²) in [5.41, 5.74) is 6.40. The minimum absolute atomic E-state index is 0.0179. The number of hydrogen-bond acceptors (Lipinski definition) is 7. The zero-order chi connectivity index (χ0) is 20.4. The highest BCUT2D eigenvalue weighted by Crippen LogP contribution is 2.29. The number of aromatic nitrogens is 5. The Labute approximate surface area is 166 Å². The van der Waals surface area contributed by atoms with Crippen molar-refractivity contribution < 1.29 is 9.59 Å². The first-order valence-electron chi connectivity index (χ1n) is 9.18. The third kappa shape index (κ3) is 4.37. The van der Waals surface area contributed by atoms with E-state index in [9.17, 15) is 9.59 Å². The van der Waals surface area contributed by atoms with Crippen molar-refractivity contribution >= 4 is 23.3 Å². The van der Waals surface area contributed by atoms with Crippen molar-refractivity contribution in [2.45, 2.75) is 12.8 Å². The highest BCUT2D eigenvalue weighted by atomic mass is 16.2. The summed E-state index contributed by atoms with van der Waals surface area (Å²) in [4.78, 5) is 37.0. The largest absolute Gasteiger partial charge is 0.370 e. The molecule has 4 rings (SSSR count). The molecule has 0 bridgehead atoms. The third-order valence-corrected chi connectivity index (χ3v) is 4.49. The number of amides is 2. The predicted octanol–water partition coefficient (Wildman–Crippen LogP) is 1.45. The number of nitrogens with zero attached hydrogens (tertiary/aromatic N) is 5. The number of nitrogens with one attached hydrogen (secondary N) is 2. The molecule has 0 spiro atoms. The number of nitrogens with two attached hydrogens (primary N) is 1. The van der Waals surface area contributed by atoms with Crippen LogP contribution in [0.2, 0.25) is 0 Å². The average molecular weight is 392 g/mol. The number of primary amides is 1. The Morgan fingerprint density at radius 2 is 2.03 bits per heavy atom. The van der Waals surface area contributed by atoms with Gasteiger partial charge in [-0.15, -0.1) is 0 Å². The summed E-state index contributed by atoms with van der Waals surface area (Å²) in [6.45, 7) is 0.896. The van der Waals surface area contributed by atoms with E-state index in [4.69, 9.17) is 5.73 Å². The summed E-state index contributed by atoms with van der Waals surface area (Å²) < 4.78 is 1.40. The van der Waals surface area contributed by atoms with Gasteiger partial charge in [-0.2, -0.15) is 5.10 Å². The van der Waals surface area contributed by atoms with E-state index in [0.717, 1.165) is 23.8 Å². The fourth-order valence-corrected chi connectivity index (χ4v) is 2.81. The summed E-state index contributed by atoms with van der Waals surface area (Å²) in [6, 6.07) is 5.13. The molecule has 0 unspecified atom stereocenters. The fourth-order valence-electron chi connectivity index (χ4n) is 2.81. The summed E-state index contributed by atoms with van der Waals surface area (Å²) in [7, 11) is 1.63. The molecule has 0 saturated heterocycles. The minimum atomic E-state index is -0.729. The fraction of sp³-hybridized carbons (Fsp3) is 0.263. The number of carbonyl (C=O) groups is 2. The van der Waals surface area contributed by atoms with Crippen molar-refractivity contribution in [2.75, 3.05) is 17.2 Å². The molecule has 0 radical (unpaired) electrons. The van der Waals surface area contributed by atoms with Gasteiger partial charge >= 0.3 is 0 Å². The Bertz CT molecular complexity index is 1070. The first kappa shape index (κ1) is 18.5. The van der Waals surface area contributed by atoms with E-state index in [1.807, 2.05) is 6.07 Å². The van der Waals surface area contributed by atoms with E-state index in [1.54, 1.807) is 19.3 Å². The molecule has 1 fully saturated rings. The lowest BCUT2D eigenvalue weighted by Crippen LogP contribution is -2.19. The van der Waals surface area contributed by atoms with Crippen LogP contribution in [0.15, 0.2) is 36.8 Å². The minimum Gasteiger partial charge on any atom is -0.370 e. The Morgan fingerprint density at radius 1 is 1.24 bits per heavy atom. The number of rotatable bonds is 7. The topological polar surface area (TPSA) is 141 Å². The van der Waals surface area contributed by atoms with E-state index in [1.165, 1.54) is 36.0 Å². The zero-order valence-electron chi connectivity index (χ0n) is 15.8. The second-order valence-electron chi connectivity index (χ2n) is 6.90. The zero-order valence-corrected chi connectivity index (χ0v) is 15.8. The Morgan fingerprint density at radius 3 is 2.79 bits per heavy atom. The van der Waals surface area contributed by atoms with Gasteiger partial charge in [0, 0.05) is 37.7 Å². The second kappa shape index (κ2) is 7.66. The van der Waals surface area contributed by atoms with Gasteiger partial charge in [0.25, 0.3) is 11.8 Å². The molecular weight excluding hydrogens is 372 g/mol. The van der Waals surface area contributed by atoms with Crippen LogP contribution >= 0.6 is 0 Å². The standard InChI is InChI=1S/C19H20N8O2/c1-27-10-14(16(26-27)17(20)28)25-19(29)13-5-7-22-18(24-13)12-4-6-21-15(8-12)23-9-11-2-3-11/h4-8,10-11H,2-3,9H2,1H3,(H2,20,28)(H,21,23)(H,25,29). The maximum absolute atomic E-state index is 12.6. The molecule has 0 aliphatic heterocycles. The van der Waals surface area contributed by atoms with Crippen LogP contribution in [0.25, 0.3) is 11.4 Å². The SMILES string of the molecule is Cn1cc(NC(=O)c2ccnc(-c3ccnc(NCC4CC4)c3)n2)c(C(N)=O)n1. The molecule has 148 valence electrons. The highest BCUT2D eigenvalue weighted by Gasteiger charge is 2.21. The van der Waals surface area contributed by atoms with Crippen molar-refractivity contribution in [3.8, 4) is 11.4 Å². The Hall–Kier alpha value is -3.82. The molecule has 4 N–H and O–H groups in total. The molecule has 3 aromatic rings. The number of aryl methyl sites for hydroxylation is 1. The molecule has 1 aliphatic carbocycles. The predicted molar refractivity (Wildman–Crippen MR) is 106 cm³/mol. The van der Waals surface area contributed by atoms with Crippen LogP contribution in [-0.4, -0.2) is 43.1 Å². The lowest BCUT2D eigenvalue weighted by Gasteiger charge is -2.07. The maximum atomic E-state index is 12.6. The van der Waals surface area contributed by atoms with Gasteiger partial charge in [0.15, 0.2) is 11.5 Å². The molecule has 3 heterocycles. The molecular formula is C19H20N8O2. The van der Waals surface area contributed by atoms with Gasteiger partial charge < -0.3 is 16.4 Å². The number of pyridine rings is 1. The van der Waals surface area contributed by atoms with Crippen LogP contribution in [0.1, 0.15) is 33.8 Å². The van der Waals surface area contributed by atoms with Gasteiger partial charge in [0.2, 0.25) is 0 Å². The first-order chi connectivity index (χ1) is 14.0. The molecule has 2 amide bonds. The van der Waals surface area contributed by atoms with E-state index in [0.29, 0.717) is 5.82 Å². The van der Waals surface area contributed by atoms with Crippen molar-refractivity contribution in [1.82, 2.24) is 24.7 Å². The summed E-state index contributed by atoms with van der Waals surface area (Å²) in [5.74, 6) is 0.643. The summed E-state index contributed by atoms with van der Waals surface area (Å²) in [5, 5.41) is 9.87. The normalized spacial score (nSPS) is 13.1. The Balaban J connectivity index is 1.53. The number of carbonyl (C=O) groups excluding carboxylic acids is 2. The van der Waals surface area contributed by atoms with E-state index < -0.39 is 11.8 Å². The highest BCUT2D eigenvalue weighted by molar-refractivity contribution is 6.07. The van der Waals surface area contributed by atoms with Gasteiger partial charge in [-0.05, 0) is 37.0 Å². The molecule has 1 saturated carbocycles. The maximum Gasteiger partial charge on any atom is 0.274 e. The number of anilines is 2. The van der Waals surface area contributed by atoms with E-state index >= 15 is 0 Å². The van der Waals surface area contributed by atoms with Crippen LogP contribution in [-0.2, 0) is 7.05 Å². The quantitative estimate of drug-likeness (QED) is 0.552. The number of hydrogen-bond donors (Lipinski definition) is 3. The van der Waals surface area contributed by atoms with Crippen molar-refractivity contribution in [3.63, 3.8) is 0 Å². The van der Waals surface area contributed by atoms with Crippen molar-refractivity contribution in [2.24, 2.45) is 18.7 Å². The molecule has 29 heavy (non-hydrogen) atoms. The van der Waals surface area contributed by atoms with Gasteiger partial charge in [0.05, 0.1) is 5.69 Å². The summed E-state index contributed by atoms with van der Waals surface area (Å²) in [6.07, 6.45) is 7.19. The lowest BCUT2D eigenvalue weighted by molar-refractivity contribution is 0.0995. The van der Waals surface area contributed by atoms with Gasteiger partial charge in [-0.25, -0.2) is 15.0 Å². The van der Waals surface area contributed by atoms with Crippen molar-refractivity contribution in [3.05, 3.63) is 48.2 Å². The average Bonchev–Trinajstić information content (AvgIpc) is 3.48. The summed E-state index contributed by atoms with van der Waals surface area (Å²) >= 11 is 0. The van der Waals surface area contributed by atoms with Crippen LogP contribution in [0.4, 0.5) is 11.5 Å². The van der Waals surface area contributed by atoms with Gasteiger partial charge in [-0.1, -0.05) is 0 Å². The molecule has 10 nitrogen and oxygen atoms in total. The van der Waals surface area contributed by atoms with Crippen molar-refractivity contribution in [1.29, 1.82) is 0 Å². The van der Waals surface area contributed by atoms with E-state index in [-0.39, 0.29) is 17.1 Å². The van der Waals surface area contributed by atoms with Gasteiger partial charge in [-0.3, -0.25) is 14.3 Å². The van der Waals surface area contributed by atoms with Crippen LogP contribution in [0.3, 0.4) is 0 Å². The Kier molecular flexibility index (Phi) is 4.90. The van der Waals surface area contributed by atoms with Crippen LogP contribution in [0, 0.1) is 5.92 Å². The smallest absolute Gasteiger partial charge is 0.274 e.